The second-order valence-corrected chi connectivity index (χ2v) is 6.99. The maximum Gasteiger partial charge on any atom is 0.225 e. The van der Waals surface area contributed by atoms with Gasteiger partial charge in [0, 0.05) is 69.3 Å². The van der Waals surface area contributed by atoms with E-state index >= 15 is 0 Å². The number of hydrogen-bond donors (Lipinski definition) is 0. The third-order valence-corrected chi connectivity index (χ3v) is 5.48. The summed E-state index contributed by atoms with van der Waals surface area (Å²) >= 11 is 0. The van der Waals surface area contributed by atoms with Crippen molar-refractivity contribution in [3.63, 3.8) is 0 Å². The zero-order valence-electron chi connectivity index (χ0n) is 14.7. The lowest BCUT2D eigenvalue weighted by Crippen LogP contribution is -2.63. The standard InChI is InChI=1S/C20H22N6/c1-2-5-18-16(4-1)6-9-21-19(18)26-14-17(15-26)24-10-12-25(13-11-24)20-22-7-3-8-23-20/h1-9,17H,10-15H2. The van der Waals surface area contributed by atoms with Crippen molar-refractivity contribution in [1.82, 2.24) is 19.9 Å². The maximum atomic E-state index is 4.64. The van der Waals surface area contributed by atoms with E-state index in [1.165, 1.54) is 10.8 Å². The van der Waals surface area contributed by atoms with Gasteiger partial charge in [-0.2, -0.15) is 0 Å². The molecule has 0 amide bonds. The lowest BCUT2D eigenvalue weighted by atomic mass is 10.0. The first-order valence-electron chi connectivity index (χ1n) is 9.23. The van der Waals surface area contributed by atoms with Crippen LogP contribution in [0, 0.1) is 0 Å². The molecule has 0 saturated carbocycles. The van der Waals surface area contributed by atoms with Crippen molar-refractivity contribution in [3.8, 4) is 0 Å². The van der Waals surface area contributed by atoms with E-state index in [0.717, 1.165) is 51.0 Å². The summed E-state index contributed by atoms with van der Waals surface area (Å²) in [6.45, 7) is 6.24. The van der Waals surface area contributed by atoms with E-state index in [-0.39, 0.29) is 0 Å². The molecule has 5 rings (SSSR count). The largest absolute Gasteiger partial charge is 0.353 e. The van der Waals surface area contributed by atoms with Gasteiger partial charge in [-0.15, -0.1) is 0 Å². The fraction of sp³-hybridized carbons (Fsp3) is 0.350. The summed E-state index contributed by atoms with van der Waals surface area (Å²) in [4.78, 5) is 20.7. The number of fused-ring (bicyclic) bond motifs is 1. The topological polar surface area (TPSA) is 48.4 Å². The van der Waals surface area contributed by atoms with E-state index in [4.69, 9.17) is 0 Å². The van der Waals surface area contributed by atoms with Crippen LogP contribution in [0.3, 0.4) is 0 Å². The van der Waals surface area contributed by atoms with Crippen molar-refractivity contribution >= 4 is 22.5 Å². The predicted molar refractivity (Wildman–Crippen MR) is 104 cm³/mol. The van der Waals surface area contributed by atoms with Crippen molar-refractivity contribution in [1.29, 1.82) is 0 Å². The fourth-order valence-electron chi connectivity index (χ4n) is 3.96. The molecular weight excluding hydrogens is 324 g/mol. The summed E-state index contributed by atoms with van der Waals surface area (Å²) in [5.41, 5.74) is 0. The molecule has 0 radical (unpaired) electrons. The Bertz CT molecular complexity index is 880. The number of hydrogen-bond acceptors (Lipinski definition) is 6. The highest BCUT2D eigenvalue weighted by Crippen LogP contribution is 2.29. The van der Waals surface area contributed by atoms with Crippen LogP contribution >= 0.6 is 0 Å². The van der Waals surface area contributed by atoms with Gasteiger partial charge in [0.25, 0.3) is 0 Å². The van der Waals surface area contributed by atoms with E-state index < -0.39 is 0 Å². The van der Waals surface area contributed by atoms with Crippen LogP contribution in [0.4, 0.5) is 11.8 Å². The van der Waals surface area contributed by atoms with Gasteiger partial charge >= 0.3 is 0 Å². The molecule has 2 saturated heterocycles. The molecule has 26 heavy (non-hydrogen) atoms. The molecule has 132 valence electrons. The van der Waals surface area contributed by atoms with E-state index in [1.807, 2.05) is 24.7 Å². The van der Waals surface area contributed by atoms with Crippen molar-refractivity contribution < 1.29 is 0 Å². The normalized spacial score (nSPS) is 18.9. The SMILES string of the molecule is c1cnc(N2CCN(C3CN(c4nccc5ccccc45)C3)CC2)nc1. The Morgan fingerprint density at radius 2 is 1.50 bits per heavy atom. The van der Waals surface area contributed by atoms with Crippen molar-refractivity contribution in [2.24, 2.45) is 0 Å². The molecule has 0 aliphatic carbocycles. The molecule has 2 aliphatic heterocycles. The van der Waals surface area contributed by atoms with Crippen LogP contribution in [0.2, 0.25) is 0 Å². The molecule has 0 unspecified atom stereocenters. The molecular formula is C20H22N6. The molecule has 0 N–H and O–H groups in total. The van der Waals surface area contributed by atoms with E-state index in [2.05, 4.69) is 60.0 Å². The highest BCUT2D eigenvalue weighted by molar-refractivity contribution is 5.92. The lowest BCUT2D eigenvalue weighted by Gasteiger charge is -2.48. The fourth-order valence-corrected chi connectivity index (χ4v) is 3.96. The van der Waals surface area contributed by atoms with E-state index in [9.17, 15) is 0 Å². The smallest absolute Gasteiger partial charge is 0.225 e. The van der Waals surface area contributed by atoms with Crippen LogP contribution in [0.5, 0.6) is 0 Å². The Labute approximate surface area is 153 Å². The Hall–Kier alpha value is -2.73. The molecule has 2 fully saturated rings. The van der Waals surface area contributed by atoms with Gasteiger partial charge in [-0.05, 0) is 17.5 Å². The second kappa shape index (κ2) is 6.53. The molecule has 6 nitrogen and oxygen atoms in total. The third kappa shape index (κ3) is 2.76. The molecule has 0 atom stereocenters. The zero-order valence-corrected chi connectivity index (χ0v) is 14.7. The molecule has 3 aromatic rings. The Kier molecular flexibility index (Phi) is 3.90. The van der Waals surface area contributed by atoms with Gasteiger partial charge in [-0.1, -0.05) is 24.3 Å². The van der Waals surface area contributed by atoms with Crippen molar-refractivity contribution in [2.75, 3.05) is 49.1 Å². The Balaban J connectivity index is 1.21. The summed E-state index contributed by atoms with van der Waals surface area (Å²) in [5.74, 6) is 1.97. The second-order valence-electron chi connectivity index (χ2n) is 6.99. The van der Waals surface area contributed by atoms with Crippen LogP contribution in [0.1, 0.15) is 0 Å². The van der Waals surface area contributed by atoms with Gasteiger partial charge in [-0.25, -0.2) is 15.0 Å². The van der Waals surface area contributed by atoms with Crippen LogP contribution in [-0.2, 0) is 0 Å². The lowest BCUT2D eigenvalue weighted by molar-refractivity contribution is 0.156. The molecule has 0 spiro atoms. The highest BCUT2D eigenvalue weighted by Gasteiger charge is 2.35. The van der Waals surface area contributed by atoms with Crippen LogP contribution < -0.4 is 9.80 Å². The molecule has 6 heteroatoms. The first-order valence-corrected chi connectivity index (χ1v) is 9.23. The van der Waals surface area contributed by atoms with Crippen molar-refractivity contribution in [3.05, 3.63) is 55.0 Å². The predicted octanol–water partition coefficient (Wildman–Crippen LogP) is 2.04. The van der Waals surface area contributed by atoms with E-state index in [1.54, 1.807) is 0 Å². The minimum absolute atomic E-state index is 0.620. The van der Waals surface area contributed by atoms with Gasteiger partial charge < -0.3 is 9.80 Å². The minimum Gasteiger partial charge on any atom is -0.353 e. The van der Waals surface area contributed by atoms with Gasteiger partial charge in [0.2, 0.25) is 5.95 Å². The summed E-state index contributed by atoms with van der Waals surface area (Å²) in [6.07, 6.45) is 5.55. The third-order valence-electron chi connectivity index (χ3n) is 5.48. The van der Waals surface area contributed by atoms with Crippen LogP contribution in [0.15, 0.2) is 55.0 Å². The number of aromatic nitrogens is 3. The van der Waals surface area contributed by atoms with Crippen LogP contribution in [-0.4, -0.2) is 65.2 Å². The molecule has 2 aliphatic rings. The van der Waals surface area contributed by atoms with Gasteiger partial charge in [0.1, 0.15) is 5.82 Å². The molecule has 4 heterocycles. The average Bonchev–Trinajstić information content (AvgIpc) is 2.68. The van der Waals surface area contributed by atoms with E-state index in [0.29, 0.717) is 6.04 Å². The maximum absolute atomic E-state index is 4.64. The number of rotatable bonds is 3. The van der Waals surface area contributed by atoms with Gasteiger partial charge in [0.15, 0.2) is 0 Å². The number of anilines is 2. The first kappa shape index (κ1) is 15.5. The zero-order chi connectivity index (χ0) is 17.3. The summed E-state index contributed by atoms with van der Waals surface area (Å²) in [6, 6.07) is 13.1. The number of pyridine rings is 1. The van der Waals surface area contributed by atoms with Gasteiger partial charge in [0.05, 0.1) is 0 Å². The van der Waals surface area contributed by atoms with Crippen LogP contribution in [0.25, 0.3) is 10.8 Å². The highest BCUT2D eigenvalue weighted by atomic mass is 15.4. The monoisotopic (exact) mass is 346 g/mol. The molecule has 0 bridgehead atoms. The average molecular weight is 346 g/mol. The molecule has 2 aromatic heterocycles. The summed E-state index contributed by atoms with van der Waals surface area (Å²) in [5, 5.41) is 2.51. The number of nitrogens with zero attached hydrogens (tertiary/aromatic N) is 6. The Morgan fingerprint density at radius 3 is 2.31 bits per heavy atom. The number of piperazine rings is 1. The van der Waals surface area contributed by atoms with Gasteiger partial charge in [-0.3, -0.25) is 4.90 Å². The number of benzene rings is 1. The first-order chi connectivity index (χ1) is 12.9. The summed E-state index contributed by atoms with van der Waals surface area (Å²) < 4.78 is 0. The molecule has 1 aromatic carbocycles. The minimum atomic E-state index is 0.620. The Morgan fingerprint density at radius 1 is 0.731 bits per heavy atom. The van der Waals surface area contributed by atoms with Crippen molar-refractivity contribution in [2.45, 2.75) is 6.04 Å². The summed E-state index contributed by atoms with van der Waals surface area (Å²) in [7, 11) is 0. The quantitative estimate of drug-likeness (QED) is 0.723.